The number of hydrogen-bond donors (Lipinski definition) is 2. The van der Waals surface area contributed by atoms with Crippen LogP contribution in [-0.2, 0) is 6.18 Å². The first-order chi connectivity index (χ1) is 13.3. The van der Waals surface area contributed by atoms with Gasteiger partial charge in [-0.2, -0.15) is 13.2 Å². The first-order valence-corrected chi connectivity index (χ1v) is 9.77. The Kier molecular flexibility index (Phi) is 8.65. The van der Waals surface area contributed by atoms with Gasteiger partial charge in [0.15, 0.2) is 5.96 Å². The number of hydrogen-bond acceptors (Lipinski definition) is 4. The molecule has 2 saturated heterocycles. The van der Waals surface area contributed by atoms with Gasteiger partial charge in [0.05, 0.1) is 10.6 Å². The molecule has 2 unspecified atom stereocenters. The summed E-state index contributed by atoms with van der Waals surface area (Å²) >= 11 is 6.07. The molecule has 0 amide bonds. The zero-order valence-electron chi connectivity index (χ0n) is 16.5. The van der Waals surface area contributed by atoms with E-state index < -0.39 is 11.7 Å². The van der Waals surface area contributed by atoms with Gasteiger partial charge in [0.1, 0.15) is 5.82 Å². The lowest BCUT2D eigenvalue weighted by Gasteiger charge is -2.21. The van der Waals surface area contributed by atoms with E-state index >= 15 is 0 Å². The van der Waals surface area contributed by atoms with E-state index in [4.69, 9.17) is 11.6 Å². The number of pyridine rings is 1. The van der Waals surface area contributed by atoms with E-state index in [1.165, 1.54) is 6.42 Å². The highest BCUT2D eigenvalue weighted by atomic mass is 127. The molecule has 0 saturated carbocycles. The minimum absolute atomic E-state index is 0. The number of aliphatic imine (C=N–C) groups is 1. The second-order valence-electron chi connectivity index (χ2n) is 7.47. The predicted octanol–water partition coefficient (Wildman–Crippen LogP) is 3.07. The summed E-state index contributed by atoms with van der Waals surface area (Å²) in [4.78, 5) is 12.5. The smallest absolute Gasteiger partial charge is 0.356 e. The second kappa shape index (κ2) is 10.3. The summed E-state index contributed by atoms with van der Waals surface area (Å²) in [6, 6.07) is 1.06. The molecule has 11 heteroatoms. The Labute approximate surface area is 191 Å². The summed E-state index contributed by atoms with van der Waals surface area (Å²) in [6.07, 6.45) is -1.61. The Morgan fingerprint density at radius 2 is 2.07 bits per heavy atom. The molecule has 0 radical (unpaired) electrons. The number of aromatic nitrogens is 1. The number of anilines is 1. The van der Waals surface area contributed by atoms with Crippen molar-refractivity contribution in [2.45, 2.75) is 25.1 Å². The molecule has 3 rings (SSSR count). The maximum atomic E-state index is 12.8. The zero-order valence-corrected chi connectivity index (χ0v) is 19.6. The van der Waals surface area contributed by atoms with Crippen LogP contribution in [0, 0.1) is 5.92 Å². The molecule has 2 atom stereocenters. The van der Waals surface area contributed by atoms with Crippen molar-refractivity contribution >= 4 is 47.4 Å². The van der Waals surface area contributed by atoms with Gasteiger partial charge in [-0.15, -0.1) is 24.0 Å². The van der Waals surface area contributed by atoms with Crippen molar-refractivity contribution in [2.24, 2.45) is 10.9 Å². The molecule has 2 aliphatic rings. The van der Waals surface area contributed by atoms with E-state index in [9.17, 15) is 13.2 Å². The minimum atomic E-state index is -4.45. The summed E-state index contributed by atoms with van der Waals surface area (Å²) < 4.78 is 38.3. The fraction of sp³-hybridized carbons (Fsp3) is 0.667. The number of nitrogens with zero attached hydrogens (tertiary/aromatic N) is 4. The van der Waals surface area contributed by atoms with Gasteiger partial charge in [-0.25, -0.2) is 4.98 Å². The Hall–Kier alpha value is -1.01. The predicted molar refractivity (Wildman–Crippen MR) is 120 cm³/mol. The Morgan fingerprint density at radius 3 is 2.66 bits per heavy atom. The molecule has 0 aromatic carbocycles. The van der Waals surface area contributed by atoms with E-state index in [0.29, 0.717) is 24.8 Å². The molecule has 2 N–H and O–H groups in total. The Morgan fingerprint density at radius 1 is 1.31 bits per heavy atom. The maximum absolute atomic E-state index is 12.8. The molecule has 2 aliphatic heterocycles. The SMILES string of the molecule is CN=C(NCC1CCN(C)C1)NC1CCN(c2ncc(C(F)(F)F)cc2Cl)C1.I. The fourth-order valence-corrected chi connectivity index (χ4v) is 4.00. The molecule has 2 fully saturated rings. The van der Waals surface area contributed by atoms with Crippen molar-refractivity contribution in [2.75, 3.05) is 51.7 Å². The largest absolute Gasteiger partial charge is 0.417 e. The third-order valence-electron chi connectivity index (χ3n) is 5.25. The van der Waals surface area contributed by atoms with Gasteiger partial charge in [-0.3, -0.25) is 4.99 Å². The van der Waals surface area contributed by atoms with Crippen molar-refractivity contribution in [3.63, 3.8) is 0 Å². The summed E-state index contributed by atoms with van der Waals surface area (Å²) in [7, 11) is 3.86. The fourth-order valence-electron chi connectivity index (χ4n) is 3.71. The highest BCUT2D eigenvalue weighted by Gasteiger charge is 2.33. The van der Waals surface area contributed by atoms with Gasteiger partial charge in [0.25, 0.3) is 0 Å². The third-order valence-corrected chi connectivity index (χ3v) is 5.53. The third kappa shape index (κ3) is 6.48. The lowest BCUT2D eigenvalue weighted by atomic mass is 10.1. The first-order valence-electron chi connectivity index (χ1n) is 9.39. The maximum Gasteiger partial charge on any atom is 0.417 e. The second-order valence-corrected chi connectivity index (χ2v) is 7.88. The number of nitrogens with one attached hydrogen (secondary N) is 2. The molecular weight excluding hydrogens is 520 g/mol. The monoisotopic (exact) mass is 546 g/mol. The topological polar surface area (TPSA) is 55.8 Å². The molecule has 0 aliphatic carbocycles. The van der Waals surface area contributed by atoms with Crippen LogP contribution in [0.2, 0.25) is 5.02 Å². The summed E-state index contributed by atoms with van der Waals surface area (Å²) in [6.45, 7) is 4.34. The molecule has 0 spiro atoms. The van der Waals surface area contributed by atoms with Crippen molar-refractivity contribution in [3.05, 3.63) is 22.8 Å². The zero-order chi connectivity index (χ0) is 20.3. The quantitative estimate of drug-likeness (QED) is 0.346. The normalized spacial score (nSPS) is 23.2. The molecule has 1 aromatic heterocycles. The molecular formula is C18H27ClF3IN6. The van der Waals surface area contributed by atoms with Crippen LogP contribution in [0.3, 0.4) is 0 Å². The highest BCUT2D eigenvalue weighted by Crippen LogP contribution is 2.34. The van der Waals surface area contributed by atoms with Crippen LogP contribution >= 0.6 is 35.6 Å². The molecule has 29 heavy (non-hydrogen) atoms. The van der Waals surface area contributed by atoms with Gasteiger partial charge < -0.3 is 20.4 Å². The van der Waals surface area contributed by atoms with E-state index in [0.717, 1.165) is 44.3 Å². The first kappa shape index (κ1) is 24.3. The van der Waals surface area contributed by atoms with Crippen LogP contribution in [0.15, 0.2) is 17.3 Å². The van der Waals surface area contributed by atoms with E-state index in [2.05, 4.69) is 32.6 Å². The van der Waals surface area contributed by atoms with Crippen LogP contribution < -0.4 is 15.5 Å². The van der Waals surface area contributed by atoms with Crippen LogP contribution in [0.4, 0.5) is 19.0 Å². The van der Waals surface area contributed by atoms with Gasteiger partial charge in [-0.05, 0) is 38.4 Å². The number of halogens is 5. The minimum Gasteiger partial charge on any atom is -0.356 e. The van der Waals surface area contributed by atoms with Crippen LogP contribution in [-0.4, -0.2) is 68.7 Å². The van der Waals surface area contributed by atoms with Crippen molar-refractivity contribution in [1.82, 2.24) is 20.5 Å². The van der Waals surface area contributed by atoms with Crippen LogP contribution in [0.1, 0.15) is 18.4 Å². The van der Waals surface area contributed by atoms with Crippen LogP contribution in [0.25, 0.3) is 0 Å². The average molecular weight is 547 g/mol. The molecule has 1 aromatic rings. The van der Waals surface area contributed by atoms with Crippen molar-refractivity contribution in [1.29, 1.82) is 0 Å². The van der Waals surface area contributed by atoms with Gasteiger partial charge in [0, 0.05) is 45.5 Å². The molecule has 3 heterocycles. The van der Waals surface area contributed by atoms with E-state index in [1.807, 2.05) is 4.90 Å². The van der Waals surface area contributed by atoms with Gasteiger partial charge >= 0.3 is 6.18 Å². The summed E-state index contributed by atoms with van der Waals surface area (Å²) in [5.74, 6) is 1.74. The van der Waals surface area contributed by atoms with Gasteiger partial charge in [-0.1, -0.05) is 11.6 Å². The van der Waals surface area contributed by atoms with Crippen molar-refractivity contribution in [3.8, 4) is 0 Å². The Balaban J connectivity index is 0.00000300. The molecule has 164 valence electrons. The van der Waals surface area contributed by atoms with E-state index in [1.54, 1.807) is 7.05 Å². The van der Waals surface area contributed by atoms with Crippen LogP contribution in [0.5, 0.6) is 0 Å². The van der Waals surface area contributed by atoms with E-state index in [-0.39, 0.29) is 35.0 Å². The standard InChI is InChI=1S/C18H26ClF3N6.HI/c1-23-17(25-8-12-3-5-27(2)10-12)26-14-4-6-28(11-14)16-15(19)7-13(9-24-16)18(20,21)22;/h7,9,12,14H,3-6,8,10-11H2,1-2H3,(H2,23,25,26);1H. The number of guanidine groups is 1. The molecule has 0 bridgehead atoms. The average Bonchev–Trinajstić information content (AvgIpc) is 3.26. The van der Waals surface area contributed by atoms with Crippen molar-refractivity contribution < 1.29 is 13.2 Å². The number of likely N-dealkylation sites (tertiary alicyclic amines) is 1. The van der Waals surface area contributed by atoms with Gasteiger partial charge in [0.2, 0.25) is 0 Å². The lowest BCUT2D eigenvalue weighted by molar-refractivity contribution is -0.137. The lowest BCUT2D eigenvalue weighted by Crippen LogP contribution is -2.46. The Bertz CT molecular complexity index is 717. The number of rotatable bonds is 4. The highest BCUT2D eigenvalue weighted by molar-refractivity contribution is 14.0. The summed E-state index contributed by atoms with van der Waals surface area (Å²) in [5, 5.41) is 6.78. The molecule has 6 nitrogen and oxygen atoms in total. The number of alkyl halides is 3. The summed E-state index contributed by atoms with van der Waals surface area (Å²) in [5.41, 5.74) is -0.836.